The Labute approximate surface area is 123 Å². The minimum atomic E-state index is 0.230. The molecule has 3 fully saturated rings. The molecule has 0 spiro atoms. The van der Waals surface area contributed by atoms with Crippen LogP contribution in [0.15, 0.2) is 0 Å². The highest BCUT2D eigenvalue weighted by Crippen LogP contribution is 2.48. The summed E-state index contributed by atoms with van der Waals surface area (Å²) in [5.41, 5.74) is 6.06. The first-order valence-corrected chi connectivity index (χ1v) is 8.55. The van der Waals surface area contributed by atoms with Gasteiger partial charge in [-0.1, -0.05) is 13.3 Å². The van der Waals surface area contributed by atoms with Crippen LogP contribution in [-0.4, -0.2) is 30.4 Å². The lowest BCUT2D eigenvalue weighted by molar-refractivity contribution is -0.136. The summed E-state index contributed by atoms with van der Waals surface area (Å²) in [4.78, 5) is 14.7. The number of hydrogen-bond donors (Lipinski definition) is 1. The molecule has 114 valence electrons. The van der Waals surface area contributed by atoms with Crippen molar-refractivity contribution in [3.05, 3.63) is 0 Å². The van der Waals surface area contributed by atoms with Gasteiger partial charge in [-0.3, -0.25) is 4.79 Å². The van der Waals surface area contributed by atoms with Crippen LogP contribution in [0.4, 0.5) is 0 Å². The van der Waals surface area contributed by atoms with Crippen LogP contribution in [0.3, 0.4) is 0 Å². The van der Waals surface area contributed by atoms with Crippen molar-refractivity contribution in [2.24, 2.45) is 35.3 Å². The third kappa shape index (κ3) is 2.74. The van der Waals surface area contributed by atoms with E-state index in [2.05, 4.69) is 6.92 Å². The van der Waals surface area contributed by atoms with Crippen molar-refractivity contribution in [3.63, 3.8) is 0 Å². The maximum Gasteiger partial charge on any atom is 0.225 e. The van der Waals surface area contributed by atoms with E-state index in [0.29, 0.717) is 17.9 Å². The largest absolute Gasteiger partial charge is 0.345 e. The molecular weight excluding hydrogens is 248 g/mol. The van der Waals surface area contributed by atoms with Crippen LogP contribution in [0.25, 0.3) is 0 Å². The second-order valence-corrected chi connectivity index (χ2v) is 7.80. The molecule has 3 nitrogen and oxygen atoms in total. The number of carbonyl (C=O) groups is 1. The molecule has 2 N–H and O–H groups in total. The molecule has 6 unspecified atom stereocenters. The summed E-state index contributed by atoms with van der Waals surface area (Å²) in [5, 5.41) is 0. The van der Waals surface area contributed by atoms with Crippen LogP contribution in [-0.2, 0) is 4.79 Å². The first-order chi connectivity index (χ1) is 9.54. The van der Waals surface area contributed by atoms with Crippen molar-refractivity contribution in [2.45, 2.75) is 57.9 Å². The molecule has 0 heterocycles. The Hall–Kier alpha value is -0.570. The van der Waals surface area contributed by atoms with Crippen LogP contribution in [0, 0.1) is 29.6 Å². The third-order valence-electron chi connectivity index (χ3n) is 6.35. The second kappa shape index (κ2) is 5.67. The lowest BCUT2D eigenvalue weighted by Gasteiger charge is -2.35. The Morgan fingerprint density at radius 1 is 1.15 bits per heavy atom. The van der Waals surface area contributed by atoms with Crippen LogP contribution < -0.4 is 5.73 Å². The van der Waals surface area contributed by atoms with Crippen molar-refractivity contribution in [1.82, 2.24) is 4.90 Å². The van der Waals surface area contributed by atoms with E-state index in [1.165, 1.54) is 25.7 Å². The Kier molecular flexibility index (Phi) is 4.07. The first kappa shape index (κ1) is 14.4. The van der Waals surface area contributed by atoms with Gasteiger partial charge in [-0.05, 0) is 62.2 Å². The maximum absolute atomic E-state index is 12.6. The molecular formula is C17H30N2O. The summed E-state index contributed by atoms with van der Waals surface area (Å²) in [5.74, 6) is 3.77. The first-order valence-electron chi connectivity index (χ1n) is 8.55. The number of carbonyl (C=O) groups excluding carboxylic acids is 1. The minimum absolute atomic E-state index is 0.230. The molecule has 0 aromatic carbocycles. The Balaban J connectivity index is 1.52. The Bertz CT molecular complexity index is 370. The molecule has 0 radical (unpaired) electrons. The molecule has 0 aromatic rings. The van der Waals surface area contributed by atoms with E-state index in [1.807, 2.05) is 11.9 Å². The molecule has 2 bridgehead atoms. The molecule has 1 amide bonds. The predicted molar refractivity (Wildman–Crippen MR) is 81.1 cm³/mol. The smallest absolute Gasteiger partial charge is 0.225 e. The van der Waals surface area contributed by atoms with Crippen molar-refractivity contribution < 1.29 is 4.79 Å². The number of hydrogen-bond acceptors (Lipinski definition) is 2. The Morgan fingerprint density at radius 3 is 2.55 bits per heavy atom. The van der Waals surface area contributed by atoms with E-state index in [4.69, 9.17) is 5.73 Å². The van der Waals surface area contributed by atoms with Crippen LogP contribution >= 0.6 is 0 Å². The molecule has 3 saturated carbocycles. The fourth-order valence-electron chi connectivity index (χ4n) is 5.00. The molecule has 3 rings (SSSR count). The fraction of sp³-hybridized carbons (Fsp3) is 0.941. The molecule has 0 aromatic heterocycles. The van der Waals surface area contributed by atoms with Crippen LogP contribution in [0.2, 0.25) is 0 Å². The average molecular weight is 278 g/mol. The lowest BCUT2D eigenvalue weighted by atomic mass is 9.78. The quantitative estimate of drug-likeness (QED) is 0.862. The van der Waals surface area contributed by atoms with Gasteiger partial charge < -0.3 is 10.6 Å². The summed E-state index contributed by atoms with van der Waals surface area (Å²) in [6.45, 7) is 3.19. The predicted octanol–water partition coefficient (Wildman–Crippen LogP) is 2.64. The van der Waals surface area contributed by atoms with Crippen molar-refractivity contribution in [1.29, 1.82) is 0 Å². The van der Waals surface area contributed by atoms with E-state index in [0.717, 1.165) is 43.6 Å². The highest BCUT2D eigenvalue weighted by atomic mass is 16.2. The van der Waals surface area contributed by atoms with E-state index >= 15 is 0 Å². The van der Waals surface area contributed by atoms with Crippen molar-refractivity contribution in [3.8, 4) is 0 Å². The van der Waals surface area contributed by atoms with Gasteiger partial charge in [0.1, 0.15) is 0 Å². The van der Waals surface area contributed by atoms with E-state index < -0.39 is 0 Å². The van der Waals surface area contributed by atoms with Gasteiger partial charge in [-0.2, -0.15) is 0 Å². The highest BCUT2D eigenvalue weighted by molar-refractivity contribution is 5.78. The third-order valence-corrected chi connectivity index (χ3v) is 6.35. The number of nitrogens with two attached hydrogens (primary N) is 1. The van der Waals surface area contributed by atoms with Crippen LogP contribution in [0.5, 0.6) is 0 Å². The average Bonchev–Trinajstić information content (AvgIpc) is 3.03. The van der Waals surface area contributed by atoms with E-state index in [-0.39, 0.29) is 5.92 Å². The molecule has 6 atom stereocenters. The van der Waals surface area contributed by atoms with Gasteiger partial charge >= 0.3 is 0 Å². The van der Waals surface area contributed by atoms with Gasteiger partial charge in [0.2, 0.25) is 5.91 Å². The zero-order chi connectivity index (χ0) is 14.3. The Morgan fingerprint density at radius 2 is 1.95 bits per heavy atom. The summed E-state index contributed by atoms with van der Waals surface area (Å²) < 4.78 is 0. The van der Waals surface area contributed by atoms with Gasteiger partial charge in [0.25, 0.3) is 0 Å². The summed E-state index contributed by atoms with van der Waals surface area (Å²) in [7, 11) is 2.02. The number of amides is 1. The summed E-state index contributed by atoms with van der Waals surface area (Å²) in [6.07, 6.45) is 8.64. The lowest BCUT2D eigenvalue weighted by Crippen LogP contribution is -2.42. The highest BCUT2D eigenvalue weighted by Gasteiger charge is 2.40. The van der Waals surface area contributed by atoms with Gasteiger partial charge in [-0.15, -0.1) is 0 Å². The fourth-order valence-corrected chi connectivity index (χ4v) is 5.00. The zero-order valence-corrected chi connectivity index (χ0v) is 13.1. The van der Waals surface area contributed by atoms with Gasteiger partial charge in [0, 0.05) is 25.6 Å². The minimum Gasteiger partial charge on any atom is -0.345 e. The zero-order valence-electron chi connectivity index (χ0n) is 13.1. The van der Waals surface area contributed by atoms with Gasteiger partial charge in [-0.25, -0.2) is 0 Å². The van der Waals surface area contributed by atoms with Crippen molar-refractivity contribution in [2.75, 3.05) is 13.6 Å². The maximum atomic E-state index is 12.6. The second-order valence-electron chi connectivity index (χ2n) is 7.80. The normalized spacial score (nSPS) is 43.8. The number of nitrogens with zero attached hydrogens (tertiary/aromatic N) is 1. The van der Waals surface area contributed by atoms with Gasteiger partial charge in [0.15, 0.2) is 0 Å². The number of fused-ring (bicyclic) bond motifs is 2. The molecule has 0 aliphatic heterocycles. The molecule has 20 heavy (non-hydrogen) atoms. The van der Waals surface area contributed by atoms with E-state index in [9.17, 15) is 4.79 Å². The van der Waals surface area contributed by atoms with Gasteiger partial charge in [0.05, 0.1) is 0 Å². The summed E-state index contributed by atoms with van der Waals surface area (Å²) in [6, 6.07) is 0.301. The summed E-state index contributed by atoms with van der Waals surface area (Å²) >= 11 is 0. The molecule has 3 aliphatic carbocycles. The standard InChI is InChI=1S/C17H30N2O/c1-11-7-14(5-6-16(11)18)17(20)19(2)10-15-9-12-3-4-13(15)8-12/h11-16H,3-10,18H2,1-2H3. The van der Waals surface area contributed by atoms with E-state index in [1.54, 1.807) is 0 Å². The SMILES string of the molecule is CC1CC(C(=O)N(C)CC2CC3CCC2C3)CCC1N. The molecule has 0 saturated heterocycles. The van der Waals surface area contributed by atoms with Crippen molar-refractivity contribution >= 4 is 5.91 Å². The monoisotopic (exact) mass is 278 g/mol. The topological polar surface area (TPSA) is 46.3 Å². The molecule has 3 heteroatoms. The number of rotatable bonds is 3. The van der Waals surface area contributed by atoms with Crippen LogP contribution in [0.1, 0.15) is 51.9 Å². The molecule has 3 aliphatic rings.